The summed E-state index contributed by atoms with van der Waals surface area (Å²) >= 11 is 0. The Kier molecular flexibility index (Phi) is 6.13. The molecule has 0 unspecified atom stereocenters. The Morgan fingerprint density at radius 2 is 1.93 bits per heavy atom. The molecule has 0 aromatic heterocycles. The lowest BCUT2D eigenvalue weighted by Crippen LogP contribution is -2.45. The van der Waals surface area contributed by atoms with Crippen molar-refractivity contribution >= 4 is 23.6 Å². The molecule has 0 aliphatic carbocycles. The van der Waals surface area contributed by atoms with E-state index in [-0.39, 0.29) is 6.79 Å². The van der Waals surface area contributed by atoms with E-state index in [0.29, 0.717) is 22.9 Å². The summed E-state index contributed by atoms with van der Waals surface area (Å²) in [4.78, 5) is 24.4. The van der Waals surface area contributed by atoms with Crippen LogP contribution in [0.4, 0.5) is 5.69 Å². The maximum Gasteiger partial charge on any atom is 0.249 e. The zero-order valence-corrected chi connectivity index (χ0v) is 15.2. The molecule has 0 saturated heterocycles. The van der Waals surface area contributed by atoms with Gasteiger partial charge in [0.25, 0.3) is 0 Å². The van der Waals surface area contributed by atoms with Gasteiger partial charge in [-0.05, 0) is 48.0 Å². The molecule has 0 radical (unpaired) electrons. The van der Waals surface area contributed by atoms with Crippen molar-refractivity contribution in [3.63, 3.8) is 0 Å². The largest absolute Gasteiger partial charge is 0.497 e. The number of anilines is 1. The number of benzene rings is 2. The zero-order valence-electron chi connectivity index (χ0n) is 15.2. The summed E-state index contributed by atoms with van der Waals surface area (Å²) in [6, 6.07) is 10.9. The van der Waals surface area contributed by atoms with Gasteiger partial charge in [-0.1, -0.05) is 6.07 Å². The topological polar surface area (TPSA) is 106 Å². The number of aliphatic hydroxyl groups excluding tert-OH is 1. The summed E-state index contributed by atoms with van der Waals surface area (Å²) in [6.45, 7) is -0.365. The Labute approximate surface area is 161 Å². The first-order chi connectivity index (χ1) is 13.6. The third kappa shape index (κ3) is 4.80. The van der Waals surface area contributed by atoms with Crippen LogP contribution in [0.1, 0.15) is 5.56 Å². The molecule has 0 bridgehead atoms. The number of rotatable bonds is 7. The summed E-state index contributed by atoms with van der Waals surface area (Å²) in [7, 11) is 1.54. The van der Waals surface area contributed by atoms with Crippen LogP contribution in [-0.2, 0) is 9.59 Å². The highest BCUT2D eigenvalue weighted by atomic mass is 16.7. The predicted octanol–water partition coefficient (Wildman–Crippen LogP) is 1.55. The highest BCUT2D eigenvalue weighted by molar-refractivity contribution is 6.00. The second kappa shape index (κ2) is 8.92. The van der Waals surface area contributed by atoms with E-state index in [1.54, 1.807) is 55.7 Å². The van der Waals surface area contributed by atoms with Crippen LogP contribution in [0.15, 0.2) is 48.5 Å². The van der Waals surface area contributed by atoms with Crippen LogP contribution >= 0.6 is 0 Å². The second-order valence-corrected chi connectivity index (χ2v) is 5.91. The van der Waals surface area contributed by atoms with Crippen molar-refractivity contribution in [1.82, 2.24) is 5.32 Å². The Hall–Kier alpha value is -3.52. The molecule has 2 aromatic carbocycles. The van der Waals surface area contributed by atoms with Crippen molar-refractivity contribution in [2.75, 3.05) is 25.8 Å². The van der Waals surface area contributed by atoms with Gasteiger partial charge in [0.1, 0.15) is 11.8 Å². The van der Waals surface area contributed by atoms with E-state index in [1.165, 1.54) is 6.08 Å². The first kappa shape index (κ1) is 19.2. The third-order valence-electron chi connectivity index (χ3n) is 4.00. The fourth-order valence-electron chi connectivity index (χ4n) is 2.51. The maximum absolute atomic E-state index is 12.3. The fourth-order valence-corrected chi connectivity index (χ4v) is 2.51. The number of carbonyl (C=O) groups excluding carboxylic acids is 2. The molecule has 8 nitrogen and oxygen atoms in total. The van der Waals surface area contributed by atoms with Crippen LogP contribution in [0.2, 0.25) is 0 Å². The fraction of sp³-hybridized carbons (Fsp3) is 0.200. The number of nitrogens with one attached hydrogen (secondary N) is 2. The molecule has 146 valence electrons. The van der Waals surface area contributed by atoms with Crippen LogP contribution in [0.3, 0.4) is 0 Å². The smallest absolute Gasteiger partial charge is 0.249 e. The van der Waals surface area contributed by atoms with Gasteiger partial charge in [-0.2, -0.15) is 0 Å². The van der Waals surface area contributed by atoms with Gasteiger partial charge in [0, 0.05) is 11.8 Å². The lowest BCUT2D eigenvalue weighted by atomic mass is 10.2. The van der Waals surface area contributed by atoms with Gasteiger partial charge in [0.15, 0.2) is 11.5 Å². The number of methoxy groups -OCH3 is 1. The van der Waals surface area contributed by atoms with Gasteiger partial charge < -0.3 is 30.0 Å². The number of hydrogen-bond donors (Lipinski definition) is 3. The van der Waals surface area contributed by atoms with E-state index < -0.39 is 24.5 Å². The number of fused-ring (bicyclic) bond motifs is 1. The second-order valence-electron chi connectivity index (χ2n) is 5.91. The molecule has 28 heavy (non-hydrogen) atoms. The summed E-state index contributed by atoms with van der Waals surface area (Å²) < 4.78 is 15.6. The van der Waals surface area contributed by atoms with Crippen LogP contribution in [0, 0.1) is 0 Å². The van der Waals surface area contributed by atoms with Crippen molar-refractivity contribution in [1.29, 1.82) is 0 Å². The monoisotopic (exact) mass is 384 g/mol. The van der Waals surface area contributed by atoms with E-state index in [2.05, 4.69) is 10.6 Å². The van der Waals surface area contributed by atoms with Crippen molar-refractivity contribution in [2.45, 2.75) is 6.04 Å². The minimum atomic E-state index is -1.09. The van der Waals surface area contributed by atoms with Gasteiger partial charge >= 0.3 is 0 Å². The molecular weight excluding hydrogens is 364 g/mol. The minimum absolute atomic E-state index is 0.171. The first-order valence-corrected chi connectivity index (χ1v) is 8.53. The van der Waals surface area contributed by atoms with Crippen molar-refractivity contribution in [3.8, 4) is 17.2 Å². The SMILES string of the molecule is COc1ccc(NC(=O)[C@H](CO)NC(=O)C=Cc2ccc3c(c2)OCO3)cc1. The molecular formula is C20H20N2O6. The molecule has 0 saturated carbocycles. The number of ether oxygens (including phenoxy) is 3. The summed E-state index contributed by atoms with van der Waals surface area (Å²) in [5.41, 5.74) is 1.26. The van der Waals surface area contributed by atoms with E-state index in [0.717, 1.165) is 5.56 Å². The van der Waals surface area contributed by atoms with Crippen molar-refractivity contribution in [2.24, 2.45) is 0 Å². The molecule has 1 aliphatic rings. The Bertz CT molecular complexity index is 879. The quantitative estimate of drug-likeness (QED) is 0.626. The zero-order chi connectivity index (χ0) is 19.9. The summed E-state index contributed by atoms with van der Waals surface area (Å²) in [5, 5.41) is 14.5. The van der Waals surface area contributed by atoms with Crippen LogP contribution in [0.5, 0.6) is 17.2 Å². The lowest BCUT2D eigenvalue weighted by molar-refractivity contribution is -0.124. The van der Waals surface area contributed by atoms with Gasteiger partial charge in [0.2, 0.25) is 18.6 Å². The first-order valence-electron chi connectivity index (χ1n) is 8.53. The van der Waals surface area contributed by atoms with Gasteiger partial charge in [-0.15, -0.1) is 0 Å². The normalized spacial score (nSPS) is 13.2. The van der Waals surface area contributed by atoms with E-state index in [1.807, 2.05) is 0 Å². The molecule has 3 N–H and O–H groups in total. The lowest BCUT2D eigenvalue weighted by Gasteiger charge is -2.15. The number of carbonyl (C=O) groups is 2. The summed E-state index contributed by atoms with van der Waals surface area (Å²) in [6.07, 6.45) is 2.86. The number of hydrogen-bond acceptors (Lipinski definition) is 6. The standard InChI is InChI=1S/C20H20N2O6/c1-26-15-6-4-14(5-7-15)21-20(25)16(11-23)22-19(24)9-3-13-2-8-17-18(10-13)28-12-27-17/h2-10,16,23H,11-12H2,1H3,(H,21,25)(H,22,24)/t16-/m0/s1. The number of amides is 2. The average molecular weight is 384 g/mol. The van der Waals surface area contributed by atoms with Crippen molar-refractivity contribution < 1.29 is 28.9 Å². The van der Waals surface area contributed by atoms with E-state index in [4.69, 9.17) is 14.2 Å². The highest BCUT2D eigenvalue weighted by Crippen LogP contribution is 2.32. The Morgan fingerprint density at radius 3 is 2.64 bits per heavy atom. The molecule has 3 rings (SSSR count). The molecule has 1 atom stereocenters. The molecule has 2 amide bonds. The van der Waals surface area contributed by atoms with Gasteiger partial charge in [-0.25, -0.2) is 0 Å². The van der Waals surface area contributed by atoms with Gasteiger partial charge in [0.05, 0.1) is 13.7 Å². The molecule has 1 heterocycles. The Balaban J connectivity index is 1.56. The average Bonchev–Trinajstić information content (AvgIpc) is 3.18. The highest BCUT2D eigenvalue weighted by Gasteiger charge is 2.19. The maximum atomic E-state index is 12.3. The predicted molar refractivity (Wildman–Crippen MR) is 102 cm³/mol. The van der Waals surface area contributed by atoms with Crippen LogP contribution in [0.25, 0.3) is 6.08 Å². The van der Waals surface area contributed by atoms with Crippen molar-refractivity contribution in [3.05, 3.63) is 54.1 Å². The third-order valence-corrected chi connectivity index (χ3v) is 4.00. The van der Waals surface area contributed by atoms with Crippen LogP contribution < -0.4 is 24.8 Å². The van der Waals surface area contributed by atoms with Crippen LogP contribution in [-0.4, -0.2) is 43.5 Å². The number of aliphatic hydroxyl groups is 1. The van der Waals surface area contributed by atoms with Gasteiger partial charge in [-0.3, -0.25) is 9.59 Å². The molecule has 0 fully saturated rings. The van der Waals surface area contributed by atoms with E-state index >= 15 is 0 Å². The Morgan fingerprint density at radius 1 is 1.18 bits per heavy atom. The molecule has 8 heteroatoms. The summed E-state index contributed by atoms with van der Waals surface area (Å²) in [5.74, 6) is 0.865. The molecule has 1 aliphatic heterocycles. The minimum Gasteiger partial charge on any atom is -0.497 e. The van der Waals surface area contributed by atoms with E-state index in [9.17, 15) is 14.7 Å². The molecule has 0 spiro atoms. The molecule has 2 aromatic rings.